The highest BCUT2D eigenvalue weighted by Crippen LogP contribution is 2.70. The van der Waals surface area contributed by atoms with Gasteiger partial charge in [0.1, 0.15) is 30.0 Å². The summed E-state index contributed by atoms with van der Waals surface area (Å²) in [4.78, 5) is 0. The summed E-state index contributed by atoms with van der Waals surface area (Å²) in [7, 11) is 1.36. The zero-order valence-corrected chi connectivity index (χ0v) is 27.4. The van der Waals surface area contributed by atoms with Crippen molar-refractivity contribution in [1.29, 1.82) is 0 Å². The normalized spacial score (nSPS) is 54.5. The monoisotopic (exact) mass is 646 g/mol. The predicted molar refractivity (Wildman–Crippen MR) is 160 cm³/mol. The van der Waals surface area contributed by atoms with E-state index in [9.17, 15) is 46.0 Å². The van der Waals surface area contributed by atoms with Gasteiger partial charge in [-0.05, 0) is 66.6 Å². The van der Waals surface area contributed by atoms with Crippen LogP contribution in [0.25, 0.3) is 0 Å². The molecule has 12 heteroatoms. The zero-order valence-electron chi connectivity index (χ0n) is 27.4. The van der Waals surface area contributed by atoms with Gasteiger partial charge in [-0.1, -0.05) is 40.5 Å². The van der Waals surface area contributed by atoms with Crippen molar-refractivity contribution in [2.75, 3.05) is 20.3 Å². The molecule has 19 unspecified atom stereocenters. The molecule has 4 aliphatic carbocycles. The molecule has 5 aliphatic rings. The maximum Gasteiger partial charge on any atom is 0.186 e. The molecule has 0 aromatic rings. The molecular weight excluding hydrogens is 588 g/mol. The van der Waals surface area contributed by atoms with Crippen molar-refractivity contribution in [2.24, 2.45) is 46.3 Å². The Hall–Kier alpha value is -0.480. The molecule has 9 N–H and O–H groups in total. The van der Waals surface area contributed by atoms with E-state index in [0.29, 0.717) is 25.7 Å². The molecule has 0 amide bonds. The molecule has 45 heavy (non-hydrogen) atoms. The Morgan fingerprint density at radius 3 is 2.16 bits per heavy atom. The molecule has 19 atom stereocenters. The first kappa shape index (κ1) is 35.8. The van der Waals surface area contributed by atoms with Crippen molar-refractivity contribution in [3.63, 3.8) is 0 Å². The summed E-state index contributed by atoms with van der Waals surface area (Å²) in [5.74, 6) is -2.52. The van der Waals surface area contributed by atoms with Gasteiger partial charge in [-0.15, -0.1) is 0 Å². The van der Waals surface area contributed by atoms with E-state index in [0.717, 1.165) is 19.3 Å². The minimum Gasteiger partial charge on any atom is -0.396 e. The van der Waals surface area contributed by atoms with Gasteiger partial charge in [0.2, 0.25) is 0 Å². The molecule has 0 bridgehead atoms. The van der Waals surface area contributed by atoms with E-state index in [1.54, 1.807) is 0 Å². The van der Waals surface area contributed by atoms with Gasteiger partial charge >= 0.3 is 0 Å². The fourth-order valence-corrected chi connectivity index (χ4v) is 11.1. The third-order valence-electron chi connectivity index (χ3n) is 13.3. The van der Waals surface area contributed by atoms with Gasteiger partial charge in [-0.25, -0.2) is 0 Å². The highest BCUT2D eigenvalue weighted by Gasteiger charge is 2.76. The van der Waals surface area contributed by atoms with Crippen molar-refractivity contribution < 1.29 is 60.2 Å². The first-order chi connectivity index (χ1) is 21.1. The Morgan fingerprint density at radius 2 is 1.51 bits per heavy atom. The fourth-order valence-electron chi connectivity index (χ4n) is 11.1. The molecule has 1 saturated heterocycles. The summed E-state index contributed by atoms with van der Waals surface area (Å²) in [6.45, 7) is 7.88. The molecule has 0 aromatic carbocycles. The number of methoxy groups -OCH3 is 1. The second-order valence-electron chi connectivity index (χ2n) is 15.8. The summed E-state index contributed by atoms with van der Waals surface area (Å²) in [5.41, 5.74) is -3.47. The quantitative estimate of drug-likeness (QED) is 0.146. The van der Waals surface area contributed by atoms with Crippen molar-refractivity contribution in [3.8, 4) is 0 Å². The lowest BCUT2D eigenvalue weighted by atomic mass is 9.40. The van der Waals surface area contributed by atoms with Crippen LogP contribution in [0.1, 0.15) is 72.6 Å². The molecule has 0 radical (unpaired) electrons. The van der Waals surface area contributed by atoms with Gasteiger partial charge in [0, 0.05) is 25.6 Å². The molecule has 5 fully saturated rings. The van der Waals surface area contributed by atoms with E-state index in [-0.39, 0.29) is 31.0 Å². The van der Waals surface area contributed by atoms with Gasteiger partial charge in [0.15, 0.2) is 6.29 Å². The Labute approximate surface area is 266 Å². The Balaban J connectivity index is 1.39. The van der Waals surface area contributed by atoms with Crippen LogP contribution in [0.2, 0.25) is 0 Å². The second-order valence-corrected chi connectivity index (χ2v) is 15.8. The highest BCUT2D eigenvalue weighted by molar-refractivity contribution is 5.25. The van der Waals surface area contributed by atoms with Crippen molar-refractivity contribution in [1.82, 2.24) is 0 Å². The van der Waals surface area contributed by atoms with E-state index in [1.807, 2.05) is 20.8 Å². The number of ether oxygens (including phenoxy) is 3. The second kappa shape index (κ2) is 13.1. The summed E-state index contributed by atoms with van der Waals surface area (Å²) in [6, 6.07) is 0. The van der Waals surface area contributed by atoms with Gasteiger partial charge in [0.25, 0.3) is 0 Å². The molecule has 1 heterocycles. The number of hydrogen-bond donors (Lipinski definition) is 9. The van der Waals surface area contributed by atoms with Gasteiger partial charge < -0.3 is 60.2 Å². The van der Waals surface area contributed by atoms with E-state index < -0.39 is 95.4 Å². The summed E-state index contributed by atoms with van der Waals surface area (Å²) >= 11 is 0. The number of aliphatic hydroxyl groups excluding tert-OH is 8. The van der Waals surface area contributed by atoms with E-state index in [2.05, 4.69) is 6.92 Å². The number of hydrogen-bond acceptors (Lipinski definition) is 12. The largest absolute Gasteiger partial charge is 0.396 e. The minimum absolute atomic E-state index is 0.0108. The lowest BCUT2D eigenvalue weighted by Crippen LogP contribution is -2.77. The van der Waals surface area contributed by atoms with Crippen LogP contribution in [0, 0.1) is 46.3 Å². The van der Waals surface area contributed by atoms with Crippen LogP contribution in [-0.2, 0) is 14.2 Å². The van der Waals surface area contributed by atoms with Crippen LogP contribution >= 0.6 is 0 Å². The molecule has 0 aromatic heterocycles. The lowest BCUT2D eigenvalue weighted by molar-refractivity contribution is -0.339. The van der Waals surface area contributed by atoms with Crippen LogP contribution in [0.15, 0.2) is 0 Å². The first-order valence-corrected chi connectivity index (χ1v) is 17.0. The highest BCUT2D eigenvalue weighted by atomic mass is 16.7. The zero-order chi connectivity index (χ0) is 33.2. The van der Waals surface area contributed by atoms with Gasteiger partial charge in [-0.2, -0.15) is 0 Å². The molecule has 5 rings (SSSR count). The number of aliphatic hydroxyl groups is 9. The molecular formula is C33H58O12. The fraction of sp³-hybridized carbons (Fsp3) is 1.00. The summed E-state index contributed by atoms with van der Waals surface area (Å²) in [5, 5.41) is 101. The van der Waals surface area contributed by atoms with Crippen molar-refractivity contribution in [3.05, 3.63) is 0 Å². The van der Waals surface area contributed by atoms with E-state index >= 15 is 0 Å². The smallest absolute Gasteiger partial charge is 0.186 e. The third kappa shape index (κ3) is 5.53. The Kier molecular flexibility index (Phi) is 10.4. The van der Waals surface area contributed by atoms with E-state index in [1.165, 1.54) is 7.11 Å². The maximum atomic E-state index is 12.7. The lowest BCUT2D eigenvalue weighted by Gasteiger charge is -2.68. The van der Waals surface area contributed by atoms with Crippen LogP contribution in [0.5, 0.6) is 0 Å². The van der Waals surface area contributed by atoms with Crippen molar-refractivity contribution in [2.45, 2.75) is 139 Å². The van der Waals surface area contributed by atoms with Crippen LogP contribution in [0.3, 0.4) is 0 Å². The molecule has 12 nitrogen and oxygen atoms in total. The molecule has 0 spiro atoms. The molecule has 4 saturated carbocycles. The van der Waals surface area contributed by atoms with Crippen LogP contribution < -0.4 is 0 Å². The summed E-state index contributed by atoms with van der Waals surface area (Å²) in [6.07, 6.45) is -7.95. The molecule has 1 aliphatic heterocycles. The Morgan fingerprint density at radius 1 is 0.844 bits per heavy atom. The average molecular weight is 647 g/mol. The third-order valence-corrected chi connectivity index (χ3v) is 13.3. The molecule has 262 valence electrons. The van der Waals surface area contributed by atoms with Crippen LogP contribution in [-0.4, -0.2) is 133 Å². The SMILES string of the molecule is COC1C(OC2CCC3(C)C(C2O)C(O)C(O)C2(O)C3CCC3(C)C(C(C)CCCC(C)CO)C(O)C(O)C32)OCC(O)C1O. The maximum absolute atomic E-state index is 12.7. The Bertz CT molecular complexity index is 1020. The van der Waals surface area contributed by atoms with Gasteiger partial charge in [0.05, 0.1) is 37.1 Å². The predicted octanol–water partition coefficient (Wildman–Crippen LogP) is -0.473. The minimum atomic E-state index is -1.92. The first-order valence-electron chi connectivity index (χ1n) is 17.0. The number of fused-ring (bicyclic) bond motifs is 5. The van der Waals surface area contributed by atoms with E-state index in [4.69, 9.17) is 14.2 Å². The number of rotatable bonds is 9. The van der Waals surface area contributed by atoms with Crippen LogP contribution in [0.4, 0.5) is 0 Å². The van der Waals surface area contributed by atoms with Gasteiger partial charge in [-0.3, -0.25) is 0 Å². The standard InChI is InChI=1S/C33H58O12/c1-15(13-34)7-6-8-16(2)20-24(38)26(40)28-32(20,4)12-10-19-31(3)11-9-18(23(37)21(31)25(39)29(41)33(19,28)42)45-30-27(43-5)22(36)17(35)14-44-30/h15-30,34-42H,6-14H2,1-5H3. The summed E-state index contributed by atoms with van der Waals surface area (Å²) < 4.78 is 17.0. The topological polar surface area (TPSA) is 210 Å². The van der Waals surface area contributed by atoms with Crippen molar-refractivity contribution >= 4 is 0 Å². The average Bonchev–Trinajstić information content (AvgIpc) is 3.20.